The van der Waals surface area contributed by atoms with E-state index in [1.807, 2.05) is 24.5 Å². The first-order valence-electron chi connectivity index (χ1n) is 8.85. The van der Waals surface area contributed by atoms with Crippen molar-refractivity contribution < 1.29 is 0 Å². The summed E-state index contributed by atoms with van der Waals surface area (Å²) in [7, 11) is 0. The van der Waals surface area contributed by atoms with Crippen LogP contribution in [0.5, 0.6) is 0 Å². The number of aryl methyl sites for hydroxylation is 1. The van der Waals surface area contributed by atoms with Crippen LogP contribution in [0.15, 0.2) is 85.2 Å². The predicted octanol–water partition coefficient (Wildman–Crippen LogP) is 3.89. The summed E-state index contributed by atoms with van der Waals surface area (Å²) in [5, 5.41) is 0. The molecule has 0 saturated heterocycles. The Morgan fingerprint density at radius 1 is 0.741 bits per heavy atom. The Balaban J connectivity index is 1.79. The Kier molecular flexibility index (Phi) is 4.01. The fourth-order valence-corrected chi connectivity index (χ4v) is 5.50. The first kappa shape index (κ1) is 16.2. The molecule has 0 bridgehead atoms. The number of nitrogens with zero attached hydrogens (tertiary/aromatic N) is 3. The van der Waals surface area contributed by atoms with E-state index in [1.54, 1.807) is 0 Å². The molecule has 0 aliphatic carbocycles. The number of hydrogen-bond acceptors (Lipinski definition) is 3. The molecular weight excluding hydrogens is 397 g/mol. The van der Waals surface area contributed by atoms with Gasteiger partial charge in [0.15, 0.2) is 0 Å². The summed E-state index contributed by atoms with van der Waals surface area (Å²) < 4.78 is 2.56. The van der Waals surface area contributed by atoms with Crippen molar-refractivity contribution in [2.45, 2.75) is 6.92 Å². The van der Waals surface area contributed by atoms with E-state index in [0.29, 0.717) is 0 Å². The van der Waals surface area contributed by atoms with Crippen molar-refractivity contribution in [3.8, 4) is 11.1 Å². The summed E-state index contributed by atoms with van der Waals surface area (Å²) in [6, 6.07) is 25.5. The van der Waals surface area contributed by atoms with Gasteiger partial charge in [-0.3, -0.25) is 0 Å². The molecule has 4 aromatic rings. The van der Waals surface area contributed by atoms with Gasteiger partial charge in [0.1, 0.15) is 0 Å². The van der Waals surface area contributed by atoms with Crippen LogP contribution in [0.4, 0.5) is 17.3 Å². The Morgan fingerprint density at radius 3 is 2.07 bits per heavy atom. The molecule has 0 fully saturated rings. The Morgan fingerprint density at radius 2 is 1.41 bits per heavy atom. The van der Waals surface area contributed by atoms with Crippen LogP contribution < -0.4 is 13.8 Å². The van der Waals surface area contributed by atoms with E-state index >= 15 is 0 Å². The van der Waals surface area contributed by atoms with Crippen LogP contribution in [-0.2, 0) is 0 Å². The van der Waals surface area contributed by atoms with Crippen LogP contribution in [-0.4, -0.2) is 24.9 Å². The van der Waals surface area contributed by atoms with Gasteiger partial charge >= 0.3 is 165 Å². The molecule has 0 N–H and O–H groups in total. The molecule has 0 unspecified atom stereocenters. The van der Waals surface area contributed by atoms with Crippen molar-refractivity contribution in [1.82, 2.24) is 9.97 Å². The topological polar surface area (TPSA) is 29.0 Å². The fourth-order valence-electron chi connectivity index (χ4n) is 3.40. The Bertz CT molecular complexity index is 1080. The van der Waals surface area contributed by atoms with Crippen molar-refractivity contribution in [2.75, 3.05) is 4.90 Å². The Labute approximate surface area is 164 Å². The summed E-state index contributed by atoms with van der Waals surface area (Å²) in [5.74, 6) is 1.98. The molecule has 0 radical (unpaired) electrons. The normalized spacial score (nSPS) is 12.4. The SMILES string of the molecule is Cc1ccc(N2c3ncccc3[Se]c3cccnc32)c(-c2ccccc2)c1. The first-order valence-corrected chi connectivity index (χ1v) is 10.6. The van der Waals surface area contributed by atoms with Crippen molar-refractivity contribution in [3.05, 3.63) is 90.8 Å². The molecule has 1 aliphatic heterocycles. The van der Waals surface area contributed by atoms with Gasteiger partial charge in [0.2, 0.25) is 0 Å². The zero-order chi connectivity index (χ0) is 18.2. The average Bonchev–Trinajstić information content (AvgIpc) is 2.73. The standard InChI is InChI=1S/C23H17N3Se/c1-16-11-12-19(18(15-16)17-7-3-2-4-8-17)26-22-20(9-5-13-24-22)27-21-10-6-14-25-23(21)26/h2-15H,1H3. The maximum absolute atomic E-state index is 4.73. The summed E-state index contributed by atoms with van der Waals surface area (Å²) in [4.78, 5) is 11.7. The van der Waals surface area contributed by atoms with Gasteiger partial charge < -0.3 is 0 Å². The molecule has 4 heteroatoms. The van der Waals surface area contributed by atoms with Crippen molar-refractivity contribution in [3.63, 3.8) is 0 Å². The molecule has 0 atom stereocenters. The quantitative estimate of drug-likeness (QED) is 0.411. The number of aromatic nitrogens is 2. The van der Waals surface area contributed by atoms with E-state index in [-0.39, 0.29) is 15.0 Å². The molecule has 0 amide bonds. The van der Waals surface area contributed by atoms with Crippen molar-refractivity contribution >= 4 is 41.2 Å². The number of hydrogen-bond donors (Lipinski definition) is 0. The molecule has 27 heavy (non-hydrogen) atoms. The zero-order valence-electron chi connectivity index (χ0n) is 14.8. The second-order valence-electron chi connectivity index (χ2n) is 6.47. The van der Waals surface area contributed by atoms with Crippen molar-refractivity contribution in [2.24, 2.45) is 0 Å². The molecule has 130 valence electrons. The van der Waals surface area contributed by atoms with E-state index < -0.39 is 0 Å². The summed E-state index contributed by atoms with van der Waals surface area (Å²) in [5.41, 5.74) is 4.74. The van der Waals surface area contributed by atoms with Crippen LogP contribution in [0.3, 0.4) is 0 Å². The van der Waals surface area contributed by atoms with Crippen LogP contribution >= 0.6 is 0 Å². The number of benzene rings is 2. The van der Waals surface area contributed by atoms with E-state index in [1.165, 1.54) is 25.6 Å². The van der Waals surface area contributed by atoms with Gasteiger partial charge in [-0.1, -0.05) is 0 Å². The second kappa shape index (κ2) is 6.66. The van der Waals surface area contributed by atoms with E-state index in [9.17, 15) is 0 Å². The molecule has 1 aliphatic rings. The summed E-state index contributed by atoms with van der Waals surface area (Å²) in [6.45, 7) is 2.13. The second-order valence-corrected chi connectivity index (χ2v) is 8.75. The average molecular weight is 414 g/mol. The molecular formula is C23H17N3Se. The van der Waals surface area contributed by atoms with Gasteiger partial charge in [-0.25, -0.2) is 0 Å². The predicted molar refractivity (Wildman–Crippen MR) is 112 cm³/mol. The summed E-state index contributed by atoms with van der Waals surface area (Å²) in [6.07, 6.45) is 3.73. The molecule has 0 saturated carbocycles. The monoisotopic (exact) mass is 415 g/mol. The molecule has 2 aromatic carbocycles. The fraction of sp³-hybridized carbons (Fsp3) is 0.0435. The van der Waals surface area contributed by atoms with Crippen molar-refractivity contribution in [1.29, 1.82) is 0 Å². The maximum atomic E-state index is 4.73. The molecule has 5 rings (SSSR count). The van der Waals surface area contributed by atoms with Gasteiger partial charge in [0.05, 0.1) is 0 Å². The van der Waals surface area contributed by atoms with E-state index in [0.717, 1.165) is 17.3 Å². The van der Waals surface area contributed by atoms with Gasteiger partial charge in [-0.05, 0) is 0 Å². The van der Waals surface area contributed by atoms with Gasteiger partial charge in [-0.15, -0.1) is 0 Å². The van der Waals surface area contributed by atoms with E-state index in [2.05, 4.69) is 72.5 Å². The van der Waals surface area contributed by atoms with Gasteiger partial charge in [0.25, 0.3) is 0 Å². The third kappa shape index (κ3) is 2.84. The minimum absolute atomic E-state index is 0.210. The molecule has 2 aromatic heterocycles. The van der Waals surface area contributed by atoms with Crippen LogP contribution in [0.2, 0.25) is 0 Å². The van der Waals surface area contributed by atoms with Crippen LogP contribution in [0.25, 0.3) is 11.1 Å². The van der Waals surface area contributed by atoms with Crippen LogP contribution in [0, 0.1) is 6.92 Å². The number of pyridine rings is 2. The summed E-state index contributed by atoms with van der Waals surface area (Å²) >= 11 is 0.210. The Hall–Kier alpha value is -2.94. The van der Waals surface area contributed by atoms with Crippen LogP contribution in [0.1, 0.15) is 5.56 Å². The third-order valence-corrected chi connectivity index (χ3v) is 6.88. The van der Waals surface area contributed by atoms with Gasteiger partial charge in [0, 0.05) is 0 Å². The number of anilines is 3. The zero-order valence-corrected chi connectivity index (χ0v) is 16.5. The van der Waals surface area contributed by atoms with Gasteiger partial charge in [-0.2, -0.15) is 0 Å². The van der Waals surface area contributed by atoms with E-state index in [4.69, 9.17) is 9.97 Å². The molecule has 0 spiro atoms. The molecule has 3 nitrogen and oxygen atoms in total. The third-order valence-electron chi connectivity index (χ3n) is 4.62. The first-order chi connectivity index (χ1) is 13.3. The minimum atomic E-state index is 0.210. The number of fused-ring (bicyclic) bond motifs is 2. The number of rotatable bonds is 2. The molecule has 3 heterocycles.